The second-order valence-electron chi connectivity index (χ2n) is 5.45. The minimum absolute atomic E-state index is 0.955. The van der Waals surface area contributed by atoms with Crippen molar-refractivity contribution in [1.82, 2.24) is 10.3 Å². The van der Waals surface area contributed by atoms with Gasteiger partial charge in [-0.1, -0.05) is 38.7 Å². The Morgan fingerprint density at radius 2 is 2.12 bits per heavy atom. The van der Waals surface area contributed by atoms with E-state index in [1.54, 1.807) is 0 Å². The van der Waals surface area contributed by atoms with E-state index >= 15 is 0 Å². The van der Waals surface area contributed by atoms with E-state index in [2.05, 4.69) is 23.3 Å². The summed E-state index contributed by atoms with van der Waals surface area (Å²) in [6, 6.07) is 4.13. The van der Waals surface area contributed by atoms with Crippen LogP contribution in [-0.4, -0.2) is 11.5 Å². The van der Waals surface area contributed by atoms with Crippen LogP contribution in [0.15, 0.2) is 24.5 Å². The second-order valence-corrected chi connectivity index (χ2v) is 5.45. The average Bonchev–Trinajstić information content (AvgIpc) is 2.38. The smallest absolute Gasteiger partial charge is 0.0312 e. The number of pyridine rings is 1. The molecule has 0 radical (unpaired) electrons. The van der Waals surface area contributed by atoms with Gasteiger partial charge in [0.15, 0.2) is 0 Å². The minimum Gasteiger partial charge on any atom is -0.313 e. The largest absolute Gasteiger partial charge is 0.313 e. The minimum atomic E-state index is 0.955. The predicted octanol–water partition coefficient (Wildman–Crippen LogP) is 3.39. The highest BCUT2D eigenvalue weighted by atomic mass is 14.8. The van der Waals surface area contributed by atoms with Gasteiger partial charge in [-0.2, -0.15) is 0 Å². The van der Waals surface area contributed by atoms with Crippen molar-refractivity contribution < 1.29 is 0 Å². The molecular weight excluding hydrogens is 208 g/mol. The molecule has 1 aliphatic carbocycles. The second kappa shape index (κ2) is 6.75. The number of rotatable bonds is 5. The zero-order chi connectivity index (χ0) is 11.9. The zero-order valence-corrected chi connectivity index (χ0v) is 10.9. The Morgan fingerprint density at radius 1 is 1.29 bits per heavy atom. The van der Waals surface area contributed by atoms with Crippen molar-refractivity contribution in [3.05, 3.63) is 30.1 Å². The van der Waals surface area contributed by atoms with E-state index in [4.69, 9.17) is 0 Å². The third kappa shape index (κ3) is 4.47. The van der Waals surface area contributed by atoms with Gasteiger partial charge in [-0.05, 0) is 36.4 Å². The first kappa shape index (κ1) is 12.6. The van der Waals surface area contributed by atoms with Gasteiger partial charge in [0.05, 0.1) is 0 Å². The lowest BCUT2D eigenvalue weighted by Crippen LogP contribution is -2.20. The van der Waals surface area contributed by atoms with E-state index in [1.165, 1.54) is 37.7 Å². The normalized spacial score (nSPS) is 24.8. The first-order chi connectivity index (χ1) is 8.34. The quantitative estimate of drug-likeness (QED) is 0.787. The van der Waals surface area contributed by atoms with E-state index in [0.717, 1.165) is 24.9 Å². The van der Waals surface area contributed by atoms with Crippen LogP contribution in [0.3, 0.4) is 0 Å². The third-order valence-corrected chi connectivity index (χ3v) is 3.92. The fourth-order valence-electron chi connectivity index (χ4n) is 2.66. The Labute approximate surface area is 105 Å². The molecule has 0 bridgehead atoms. The Kier molecular flexibility index (Phi) is 4.99. The summed E-state index contributed by atoms with van der Waals surface area (Å²) in [5.74, 6) is 1.93. The molecule has 17 heavy (non-hydrogen) atoms. The van der Waals surface area contributed by atoms with E-state index in [-0.39, 0.29) is 0 Å². The van der Waals surface area contributed by atoms with Gasteiger partial charge in [-0.3, -0.25) is 4.98 Å². The molecule has 1 heterocycles. The highest BCUT2D eigenvalue weighted by Gasteiger charge is 2.17. The van der Waals surface area contributed by atoms with E-state index < -0.39 is 0 Å². The van der Waals surface area contributed by atoms with Gasteiger partial charge in [0.2, 0.25) is 0 Å². The Hall–Kier alpha value is -0.890. The summed E-state index contributed by atoms with van der Waals surface area (Å²) in [5.41, 5.74) is 1.28. The van der Waals surface area contributed by atoms with Gasteiger partial charge in [0, 0.05) is 18.9 Å². The molecule has 1 aromatic rings. The lowest BCUT2D eigenvalue weighted by atomic mass is 9.81. The van der Waals surface area contributed by atoms with Crippen LogP contribution in [0.25, 0.3) is 0 Å². The summed E-state index contributed by atoms with van der Waals surface area (Å²) in [6.45, 7) is 4.49. The number of aromatic nitrogens is 1. The molecule has 2 nitrogen and oxygen atoms in total. The van der Waals surface area contributed by atoms with Crippen LogP contribution >= 0.6 is 0 Å². The SMILES string of the molecule is CC1CCC(CCNCc2cccnc2)CC1. The molecule has 0 spiro atoms. The molecule has 1 aromatic heterocycles. The van der Waals surface area contributed by atoms with Gasteiger partial charge in [0.25, 0.3) is 0 Å². The summed E-state index contributed by atoms with van der Waals surface area (Å²) < 4.78 is 0. The van der Waals surface area contributed by atoms with Crippen molar-refractivity contribution in [3.63, 3.8) is 0 Å². The predicted molar refractivity (Wildman–Crippen MR) is 71.7 cm³/mol. The summed E-state index contributed by atoms with van der Waals surface area (Å²) in [6.07, 6.45) is 10.9. The lowest BCUT2D eigenvalue weighted by molar-refractivity contribution is 0.275. The highest BCUT2D eigenvalue weighted by Crippen LogP contribution is 2.29. The van der Waals surface area contributed by atoms with Gasteiger partial charge in [0.1, 0.15) is 0 Å². The molecule has 1 aliphatic rings. The van der Waals surface area contributed by atoms with Gasteiger partial charge in [-0.15, -0.1) is 0 Å². The Balaban J connectivity index is 1.57. The summed E-state index contributed by atoms with van der Waals surface area (Å²) in [5, 5.41) is 3.52. The molecule has 2 heteroatoms. The van der Waals surface area contributed by atoms with E-state index in [1.807, 2.05) is 18.5 Å². The molecule has 94 valence electrons. The van der Waals surface area contributed by atoms with Crippen molar-refractivity contribution in [1.29, 1.82) is 0 Å². The van der Waals surface area contributed by atoms with Crippen molar-refractivity contribution >= 4 is 0 Å². The molecule has 0 atom stereocenters. The van der Waals surface area contributed by atoms with Crippen LogP contribution in [0.1, 0.15) is 44.6 Å². The average molecular weight is 232 g/mol. The first-order valence-electron chi connectivity index (χ1n) is 6.94. The van der Waals surface area contributed by atoms with Crippen molar-refractivity contribution in [2.75, 3.05) is 6.54 Å². The number of hydrogen-bond donors (Lipinski definition) is 1. The van der Waals surface area contributed by atoms with Crippen molar-refractivity contribution in [2.24, 2.45) is 11.8 Å². The van der Waals surface area contributed by atoms with Gasteiger partial charge >= 0.3 is 0 Å². The van der Waals surface area contributed by atoms with Crippen molar-refractivity contribution in [2.45, 2.75) is 45.6 Å². The first-order valence-corrected chi connectivity index (χ1v) is 6.94. The van der Waals surface area contributed by atoms with Crippen LogP contribution in [0, 0.1) is 11.8 Å². The molecular formula is C15H24N2. The van der Waals surface area contributed by atoms with Crippen LogP contribution in [0.2, 0.25) is 0 Å². The van der Waals surface area contributed by atoms with Crippen LogP contribution < -0.4 is 5.32 Å². The molecule has 2 rings (SSSR count). The van der Waals surface area contributed by atoms with Crippen molar-refractivity contribution in [3.8, 4) is 0 Å². The summed E-state index contributed by atoms with van der Waals surface area (Å²) in [4.78, 5) is 4.12. The Morgan fingerprint density at radius 3 is 2.82 bits per heavy atom. The lowest BCUT2D eigenvalue weighted by Gasteiger charge is -2.26. The summed E-state index contributed by atoms with van der Waals surface area (Å²) in [7, 11) is 0. The third-order valence-electron chi connectivity index (χ3n) is 3.92. The van der Waals surface area contributed by atoms with Crippen LogP contribution in [-0.2, 0) is 6.54 Å². The number of nitrogens with one attached hydrogen (secondary N) is 1. The molecule has 0 unspecified atom stereocenters. The maximum Gasteiger partial charge on any atom is 0.0312 e. The maximum absolute atomic E-state index is 4.12. The monoisotopic (exact) mass is 232 g/mol. The summed E-state index contributed by atoms with van der Waals surface area (Å²) >= 11 is 0. The molecule has 1 saturated carbocycles. The zero-order valence-electron chi connectivity index (χ0n) is 10.9. The maximum atomic E-state index is 4.12. The fourth-order valence-corrected chi connectivity index (χ4v) is 2.66. The molecule has 0 amide bonds. The molecule has 0 aliphatic heterocycles. The Bertz CT molecular complexity index is 302. The van der Waals surface area contributed by atoms with Gasteiger partial charge in [-0.25, -0.2) is 0 Å². The van der Waals surface area contributed by atoms with Gasteiger partial charge < -0.3 is 5.32 Å². The standard InChI is InChI=1S/C15H24N2/c1-13-4-6-14(7-5-13)8-10-17-12-15-3-2-9-16-11-15/h2-3,9,11,13-14,17H,4-8,10,12H2,1H3. The number of hydrogen-bond acceptors (Lipinski definition) is 2. The van der Waals surface area contributed by atoms with E-state index in [9.17, 15) is 0 Å². The number of nitrogens with zero attached hydrogens (tertiary/aromatic N) is 1. The fraction of sp³-hybridized carbons (Fsp3) is 0.667. The molecule has 1 N–H and O–H groups in total. The van der Waals surface area contributed by atoms with E-state index in [0.29, 0.717) is 0 Å². The van der Waals surface area contributed by atoms with Crippen LogP contribution in [0.4, 0.5) is 0 Å². The molecule has 1 fully saturated rings. The topological polar surface area (TPSA) is 24.9 Å². The highest BCUT2D eigenvalue weighted by molar-refractivity contribution is 5.07. The molecule has 0 aromatic carbocycles. The van der Waals surface area contributed by atoms with Crippen LogP contribution in [0.5, 0.6) is 0 Å². The molecule has 0 saturated heterocycles.